The second-order valence-corrected chi connectivity index (χ2v) is 6.75. The Morgan fingerprint density at radius 3 is 2.29 bits per heavy atom. The Bertz CT molecular complexity index is 861. The molecule has 0 amide bonds. The van der Waals surface area contributed by atoms with Crippen LogP contribution in [-0.4, -0.2) is 41.3 Å². The van der Waals surface area contributed by atoms with Gasteiger partial charge in [0.1, 0.15) is 17.4 Å². The monoisotopic (exact) mass is 406 g/mol. The summed E-state index contributed by atoms with van der Waals surface area (Å²) in [5.41, 5.74) is 1.21. The van der Waals surface area contributed by atoms with Crippen LogP contribution in [0.15, 0.2) is 42.5 Å². The maximum absolute atomic E-state index is 13.2. The standard InChI is InChI=1S/C20H22O7S/c1-4-27-20(22)18(16-11-15(25-2)9-10-17(16)26-3)19(21)14-7-5-13(6-8-14)12-28(23)24/h5-11,18H,4,12H2,1-3H3,(H,23,24). The van der Waals surface area contributed by atoms with Crippen LogP contribution in [0.3, 0.4) is 0 Å². The summed E-state index contributed by atoms with van der Waals surface area (Å²) in [4.78, 5) is 25.8. The van der Waals surface area contributed by atoms with Crippen LogP contribution in [0.1, 0.15) is 34.3 Å². The number of ketones is 1. The van der Waals surface area contributed by atoms with Gasteiger partial charge in [-0.15, -0.1) is 0 Å². The summed E-state index contributed by atoms with van der Waals surface area (Å²) in [6.45, 7) is 1.78. The number of esters is 1. The minimum Gasteiger partial charge on any atom is -0.497 e. The van der Waals surface area contributed by atoms with Gasteiger partial charge in [0.2, 0.25) is 0 Å². The summed E-state index contributed by atoms with van der Waals surface area (Å²) in [6, 6.07) is 11.0. The number of rotatable bonds is 9. The minimum atomic E-state index is -1.98. The molecule has 28 heavy (non-hydrogen) atoms. The van der Waals surface area contributed by atoms with Crippen molar-refractivity contribution in [3.05, 3.63) is 59.2 Å². The van der Waals surface area contributed by atoms with Crippen molar-refractivity contribution in [2.45, 2.75) is 18.6 Å². The predicted octanol–water partition coefficient (Wildman–Crippen LogP) is 2.96. The van der Waals surface area contributed by atoms with Crippen molar-refractivity contribution >= 4 is 22.8 Å². The van der Waals surface area contributed by atoms with Crippen LogP contribution in [0, 0.1) is 0 Å². The van der Waals surface area contributed by atoms with Crippen LogP contribution in [-0.2, 0) is 26.4 Å². The lowest BCUT2D eigenvalue weighted by atomic mass is 9.89. The number of hydrogen-bond acceptors (Lipinski definition) is 6. The van der Waals surface area contributed by atoms with Crippen LogP contribution in [0.5, 0.6) is 11.5 Å². The van der Waals surface area contributed by atoms with Crippen molar-refractivity contribution in [3.63, 3.8) is 0 Å². The van der Waals surface area contributed by atoms with Crippen LogP contribution < -0.4 is 9.47 Å². The van der Waals surface area contributed by atoms with Crippen molar-refractivity contribution in [3.8, 4) is 11.5 Å². The number of Topliss-reactive ketones (excluding diaryl/α,β-unsaturated/α-hetero) is 1. The molecule has 0 fully saturated rings. The van der Waals surface area contributed by atoms with Gasteiger partial charge in [-0.05, 0) is 30.7 Å². The first kappa shape index (κ1) is 21.6. The van der Waals surface area contributed by atoms with Gasteiger partial charge in [0, 0.05) is 11.1 Å². The van der Waals surface area contributed by atoms with Gasteiger partial charge in [0.15, 0.2) is 16.9 Å². The van der Waals surface area contributed by atoms with E-state index in [1.807, 2.05) is 0 Å². The van der Waals surface area contributed by atoms with E-state index in [9.17, 15) is 13.8 Å². The lowest BCUT2D eigenvalue weighted by molar-refractivity contribution is -0.143. The topological polar surface area (TPSA) is 99.1 Å². The molecule has 7 nitrogen and oxygen atoms in total. The minimum absolute atomic E-state index is 0.0422. The quantitative estimate of drug-likeness (QED) is 0.296. The van der Waals surface area contributed by atoms with E-state index in [1.54, 1.807) is 37.3 Å². The smallest absolute Gasteiger partial charge is 0.321 e. The first-order valence-corrected chi connectivity index (χ1v) is 9.78. The first-order chi connectivity index (χ1) is 13.4. The SMILES string of the molecule is CCOC(=O)C(C(=O)c1ccc(CS(=O)O)cc1)c1cc(OC)ccc1OC. The maximum atomic E-state index is 13.2. The zero-order chi connectivity index (χ0) is 20.7. The Hall–Kier alpha value is -2.71. The molecular formula is C20H22O7S. The third kappa shape index (κ3) is 5.17. The largest absolute Gasteiger partial charge is 0.497 e. The number of carbonyl (C=O) groups excluding carboxylic acids is 2. The molecule has 2 rings (SSSR count). The molecule has 0 spiro atoms. The van der Waals surface area contributed by atoms with Crippen LogP contribution >= 0.6 is 0 Å². The lowest BCUT2D eigenvalue weighted by Gasteiger charge is -2.18. The van der Waals surface area contributed by atoms with Gasteiger partial charge in [-0.3, -0.25) is 9.59 Å². The molecule has 0 radical (unpaired) electrons. The van der Waals surface area contributed by atoms with Crippen molar-refractivity contribution in [2.24, 2.45) is 0 Å². The Labute approximate surface area is 165 Å². The average molecular weight is 406 g/mol. The number of methoxy groups -OCH3 is 2. The second kappa shape index (κ2) is 10.0. The van der Waals surface area contributed by atoms with Crippen LogP contribution in [0.25, 0.3) is 0 Å². The lowest BCUT2D eigenvalue weighted by Crippen LogP contribution is -2.25. The van der Waals surface area contributed by atoms with E-state index < -0.39 is 28.8 Å². The Balaban J connectivity index is 2.47. The third-order valence-electron chi connectivity index (χ3n) is 4.06. The highest BCUT2D eigenvalue weighted by atomic mass is 32.2. The molecule has 0 aromatic heterocycles. The summed E-state index contributed by atoms with van der Waals surface area (Å²) in [7, 11) is 2.93. The average Bonchev–Trinajstić information content (AvgIpc) is 2.68. The first-order valence-electron chi connectivity index (χ1n) is 8.50. The molecule has 2 aromatic rings. The normalized spacial score (nSPS) is 12.7. The highest BCUT2D eigenvalue weighted by Gasteiger charge is 2.33. The molecule has 2 aromatic carbocycles. The number of ether oxygens (including phenoxy) is 3. The molecule has 1 N–H and O–H groups in total. The summed E-state index contributed by atoms with van der Waals surface area (Å²) in [5, 5.41) is 0. The highest BCUT2D eigenvalue weighted by Crippen LogP contribution is 2.33. The van der Waals surface area contributed by atoms with Crippen molar-refractivity contribution < 1.29 is 32.6 Å². The van der Waals surface area contributed by atoms with E-state index >= 15 is 0 Å². The zero-order valence-electron chi connectivity index (χ0n) is 15.8. The van der Waals surface area contributed by atoms with Crippen molar-refractivity contribution in [1.82, 2.24) is 0 Å². The van der Waals surface area contributed by atoms with Gasteiger partial charge >= 0.3 is 5.97 Å². The second-order valence-electron chi connectivity index (χ2n) is 5.82. The fraction of sp³-hybridized carbons (Fsp3) is 0.300. The van der Waals surface area contributed by atoms with E-state index in [0.717, 1.165) is 0 Å². The number of hydrogen-bond donors (Lipinski definition) is 1. The molecule has 8 heteroatoms. The molecule has 0 heterocycles. The summed E-state index contributed by atoms with van der Waals surface area (Å²) in [6.07, 6.45) is 0. The molecule has 0 aliphatic carbocycles. The fourth-order valence-corrected chi connectivity index (χ4v) is 3.22. The van der Waals surface area contributed by atoms with Crippen LogP contribution in [0.2, 0.25) is 0 Å². The van der Waals surface area contributed by atoms with E-state index in [0.29, 0.717) is 22.6 Å². The van der Waals surface area contributed by atoms with E-state index in [2.05, 4.69) is 0 Å². The van der Waals surface area contributed by atoms with Gasteiger partial charge in [-0.25, -0.2) is 4.21 Å². The third-order valence-corrected chi connectivity index (χ3v) is 4.64. The maximum Gasteiger partial charge on any atom is 0.321 e. The number of carbonyl (C=O) groups is 2. The fourth-order valence-electron chi connectivity index (χ4n) is 2.74. The van der Waals surface area contributed by atoms with Gasteiger partial charge in [0.25, 0.3) is 0 Å². The number of benzene rings is 2. The van der Waals surface area contributed by atoms with Gasteiger partial charge in [0.05, 0.1) is 26.6 Å². The highest BCUT2D eigenvalue weighted by molar-refractivity contribution is 7.78. The Morgan fingerprint density at radius 1 is 1.07 bits per heavy atom. The van der Waals surface area contributed by atoms with Crippen LogP contribution in [0.4, 0.5) is 0 Å². The van der Waals surface area contributed by atoms with Gasteiger partial charge in [-0.2, -0.15) is 0 Å². The van der Waals surface area contributed by atoms with E-state index in [4.69, 9.17) is 18.8 Å². The molecule has 2 atom stereocenters. The van der Waals surface area contributed by atoms with E-state index in [-0.39, 0.29) is 17.9 Å². The Kier molecular flexibility index (Phi) is 7.71. The van der Waals surface area contributed by atoms with Gasteiger partial charge in [-0.1, -0.05) is 24.3 Å². The Morgan fingerprint density at radius 2 is 1.75 bits per heavy atom. The predicted molar refractivity (Wildman–Crippen MR) is 104 cm³/mol. The van der Waals surface area contributed by atoms with Crippen molar-refractivity contribution in [2.75, 3.05) is 20.8 Å². The van der Waals surface area contributed by atoms with E-state index in [1.165, 1.54) is 26.4 Å². The summed E-state index contributed by atoms with van der Waals surface area (Å²) in [5.74, 6) is -1.61. The van der Waals surface area contributed by atoms with Gasteiger partial charge < -0.3 is 18.8 Å². The molecule has 150 valence electrons. The molecule has 0 saturated heterocycles. The molecular weight excluding hydrogens is 384 g/mol. The summed E-state index contributed by atoms with van der Waals surface area (Å²) < 4.78 is 35.6. The van der Waals surface area contributed by atoms with Crippen molar-refractivity contribution in [1.29, 1.82) is 0 Å². The summed E-state index contributed by atoms with van der Waals surface area (Å²) >= 11 is -1.98. The molecule has 0 saturated carbocycles. The molecule has 0 bridgehead atoms. The zero-order valence-corrected chi connectivity index (χ0v) is 16.7. The molecule has 0 aliphatic rings. The molecule has 0 aliphatic heterocycles. The molecule has 2 unspecified atom stereocenters.